The number of likely N-dealkylation sites (tertiary alicyclic amines) is 1. The SMILES string of the molecule is CCCN1C(=O)[C@@H]2[C@H](C1=O)[C@@H]1c3ccccc3C=CN1[C@H]2C(=O)c1ccc(Cl)cc1. The summed E-state index contributed by atoms with van der Waals surface area (Å²) in [5.41, 5.74) is 2.50. The highest BCUT2D eigenvalue weighted by molar-refractivity contribution is 6.30. The zero-order valence-corrected chi connectivity index (χ0v) is 17.3. The third kappa shape index (κ3) is 2.65. The number of hydrogen-bond acceptors (Lipinski definition) is 4. The second-order valence-corrected chi connectivity index (χ2v) is 8.47. The Kier molecular flexibility index (Phi) is 4.51. The van der Waals surface area contributed by atoms with E-state index in [2.05, 4.69) is 0 Å². The largest absolute Gasteiger partial charge is 0.358 e. The fraction of sp³-hybridized carbons (Fsp3) is 0.292. The maximum absolute atomic E-state index is 13.6. The summed E-state index contributed by atoms with van der Waals surface area (Å²) in [6, 6.07) is 13.5. The summed E-state index contributed by atoms with van der Waals surface area (Å²) in [4.78, 5) is 43.5. The topological polar surface area (TPSA) is 57.7 Å². The van der Waals surface area contributed by atoms with Crippen LogP contribution in [0.4, 0.5) is 0 Å². The number of carbonyl (C=O) groups excluding carboxylic acids is 3. The lowest BCUT2D eigenvalue weighted by atomic mass is 9.83. The molecule has 4 atom stereocenters. The van der Waals surface area contributed by atoms with Crippen LogP contribution in [0.3, 0.4) is 0 Å². The molecular formula is C24H21ClN2O3. The molecule has 2 fully saturated rings. The number of imide groups is 1. The monoisotopic (exact) mass is 420 g/mol. The van der Waals surface area contributed by atoms with Gasteiger partial charge in [0.15, 0.2) is 5.78 Å². The van der Waals surface area contributed by atoms with Crippen molar-refractivity contribution in [3.8, 4) is 0 Å². The van der Waals surface area contributed by atoms with E-state index in [-0.39, 0.29) is 23.6 Å². The molecule has 0 saturated carbocycles. The first-order valence-corrected chi connectivity index (χ1v) is 10.6. The predicted molar refractivity (Wildman–Crippen MR) is 114 cm³/mol. The van der Waals surface area contributed by atoms with E-state index in [1.54, 1.807) is 24.3 Å². The zero-order chi connectivity index (χ0) is 21.0. The van der Waals surface area contributed by atoms with Gasteiger partial charge in [-0.1, -0.05) is 42.8 Å². The zero-order valence-electron chi connectivity index (χ0n) is 16.5. The summed E-state index contributed by atoms with van der Waals surface area (Å²) in [7, 11) is 0. The highest BCUT2D eigenvalue weighted by Crippen LogP contribution is 2.53. The molecule has 3 aliphatic heterocycles. The van der Waals surface area contributed by atoms with Crippen LogP contribution in [0.5, 0.6) is 0 Å². The number of rotatable bonds is 4. The van der Waals surface area contributed by atoms with E-state index < -0.39 is 17.9 Å². The second kappa shape index (κ2) is 7.10. The minimum atomic E-state index is -0.718. The number of carbonyl (C=O) groups is 3. The van der Waals surface area contributed by atoms with Crippen LogP contribution in [0.1, 0.15) is 40.9 Å². The number of benzene rings is 2. The Morgan fingerprint density at radius 2 is 1.70 bits per heavy atom. The Bertz CT molecular complexity index is 1080. The molecule has 2 aromatic carbocycles. The Morgan fingerprint density at radius 1 is 1.00 bits per heavy atom. The minimum Gasteiger partial charge on any atom is -0.358 e. The van der Waals surface area contributed by atoms with E-state index in [1.165, 1.54) is 4.90 Å². The van der Waals surface area contributed by atoms with Crippen molar-refractivity contribution in [3.05, 3.63) is 76.4 Å². The molecule has 0 radical (unpaired) electrons. The van der Waals surface area contributed by atoms with Gasteiger partial charge in [-0.3, -0.25) is 19.3 Å². The lowest BCUT2D eigenvalue weighted by Gasteiger charge is -2.35. The number of halogens is 1. The van der Waals surface area contributed by atoms with Crippen LogP contribution in [-0.4, -0.2) is 40.0 Å². The molecule has 5 rings (SSSR count). The average Bonchev–Trinajstić information content (AvgIpc) is 3.22. The first-order valence-electron chi connectivity index (χ1n) is 10.2. The number of fused-ring (bicyclic) bond motifs is 5. The van der Waals surface area contributed by atoms with Gasteiger partial charge in [-0.25, -0.2) is 0 Å². The first kappa shape index (κ1) is 19.1. The summed E-state index contributed by atoms with van der Waals surface area (Å²) in [5, 5.41) is 0.543. The molecular weight excluding hydrogens is 400 g/mol. The molecule has 6 heteroatoms. The van der Waals surface area contributed by atoms with Gasteiger partial charge in [0, 0.05) is 23.3 Å². The van der Waals surface area contributed by atoms with Crippen LogP contribution in [0.15, 0.2) is 54.7 Å². The van der Waals surface area contributed by atoms with Crippen LogP contribution in [0.25, 0.3) is 6.08 Å². The predicted octanol–water partition coefficient (Wildman–Crippen LogP) is 3.94. The van der Waals surface area contributed by atoms with Crippen molar-refractivity contribution in [2.24, 2.45) is 11.8 Å². The number of Topliss-reactive ketones (excluding diaryl/α,β-unsaturated/α-hetero) is 1. The molecule has 2 amide bonds. The fourth-order valence-electron chi connectivity index (χ4n) is 5.15. The van der Waals surface area contributed by atoms with Crippen LogP contribution in [-0.2, 0) is 9.59 Å². The maximum atomic E-state index is 13.6. The smallest absolute Gasteiger partial charge is 0.235 e. The van der Waals surface area contributed by atoms with Crippen molar-refractivity contribution in [1.82, 2.24) is 9.80 Å². The lowest BCUT2D eigenvalue weighted by Crippen LogP contribution is -2.44. The third-order valence-electron chi connectivity index (χ3n) is 6.40. The fourth-order valence-corrected chi connectivity index (χ4v) is 5.27. The van der Waals surface area contributed by atoms with Crippen LogP contribution in [0, 0.1) is 11.8 Å². The van der Waals surface area contributed by atoms with Gasteiger partial charge in [0.05, 0.1) is 17.9 Å². The Hall–Kier alpha value is -2.92. The third-order valence-corrected chi connectivity index (χ3v) is 6.65. The van der Waals surface area contributed by atoms with E-state index in [9.17, 15) is 14.4 Å². The Morgan fingerprint density at radius 3 is 2.43 bits per heavy atom. The molecule has 3 aliphatic rings. The van der Waals surface area contributed by atoms with Gasteiger partial charge in [0.1, 0.15) is 6.04 Å². The Balaban J connectivity index is 1.64. The highest BCUT2D eigenvalue weighted by Gasteiger charge is 2.64. The number of hydrogen-bond donors (Lipinski definition) is 0. The summed E-state index contributed by atoms with van der Waals surface area (Å²) in [5.74, 6) is -1.81. The summed E-state index contributed by atoms with van der Waals surface area (Å²) < 4.78 is 0. The summed E-state index contributed by atoms with van der Waals surface area (Å²) >= 11 is 5.99. The standard InChI is InChI=1S/C24H21ClN2O3/c1-2-12-27-23(29)18-19(24(27)30)21(22(28)15-7-9-16(25)10-8-15)26-13-11-14-5-3-4-6-17(14)20(18)26/h3-11,13,18-21H,2,12H2,1H3/t18-,19+,20-,21+/m0/s1. The van der Waals surface area contributed by atoms with Crippen molar-refractivity contribution in [1.29, 1.82) is 0 Å². The van der Waals surface area contributed by atoms with Crippen molar-refractivity contribution >= 4 is 35.3 Å². The summed E-state index contributed by atoms with van der Waals surface area (Å²) in [6.45, 7) is 2.33. The highest BCUT2D eigenvalue weighted by atomic mass is 35.5. The molecule has 0 aromatic heterocycles. The molecule has 2 saturated heterocycles. The van der Waals surface area contributed by atoms with Gasteiger partial charge in [0.25, 0.3) is 0 Å². The van der Waals surface area contributed by atoms with Gasteiger partial charge in [-0.15, -0.1) is 0 Å². The van der Waals surface area contributed by atoms with E-state index in [0.29, 0.717) is 23.6 Å². The van der Waals surface area contributed by atoms with Gasteiger partial charge in [0.2, 0.25) is 11.8 Å². The number of amides is 2. The number of ketones is 1. The molecule has 5 nitrogen and oxygen atoms in total. The van der Waals surface area contributed by atoms with Crippen LogP contribution < -0.4 is 0 Å². The normalized spacial score (nSPS) is 26.6. The van der Waals surface area contributed by atoms with Gasteiger partial charge in [-0.2, -0.15) is 0 Å². The minimum absolute atomic E-state index is 0.160. The lowest BCUT2D eigenvalue weighted by molar-refractivity contribution is -0.141. The van der Waals surface area contributed by atoms with Gasteiger partial charge >= 0.3 is 0 Å². The molecule has 0 aliphatic carbocycles. The number of nitrogens with zero attached hydrogens (tertiary/aromatic N) is 2. The molecule has 152 valence electrons. The Labute approximate surface area is 179 Å². The van der Waals surface area contributed by atoms with Crippen molar-refractivity contribution in [2.75, 3.05) is 6.54 Å². The molecule has 0 N–H and O–H groups in total. The maximum Gasteiger partial charge on any atom is 0.235 e. The van der Waals surface area contributed by atoms with Gasteiger partial charge in [-0.05, 0) is 47.9 Å². The average molecular weight is 421 g/mol. The van der Waals surface area contributed by atoms with Crippen LogP contribution in [0.2, 0.25) is 5.02 Å². The summed E-state index contributed by atoms with van der Waals surface area (Å²) in [6.07, 6.45) is 4.51. The van der Waals surface area contributed by atoms with E-state index >= 15 is 0 Å². The quantitative estimate of drug-likeness (QED) is 0.555. The van der Waals surface area contributed by atoms with E-state index in [1.807, 2.05) is 48.4 Å². The van der Waals surface area contributed by atoms with Crippen molar-refractivity contribution in [3.63, 3.8) is 0 Å². The van der Waals surface area contributed by atoms with E-state index in [0.717, 1.165) is 11.1 Å². The van der Waals surface area contributed by atoms with Crippen molar-refractivity contribution < 1.29 is 14.4 Å². The molecule has 0 unspecified atom stereocenters. The van der Waals surface area contributed by atoms with Crippen LogP contribution >= 0.6 is 11.6 Å². The first-order chi connectivity index (χ1) is 14.5. The molecule has 0 bridgehead atoms. The molecule has 3 heterocycles. The molecule has 30 heavy (non-hydrogen) atoms. The van der Waals surface area contributed by atoms with Gasteiger partial charge < -0.3 is 4.90 Å². The second-order valence-electron chi connectivity index (χ2n) is 8.03. The molecule has 2 aromatic rings. The molecule has 0 spiro atoms. The van der Waals surface area contributed by atoms with E-state index in [4.69, 9.17) is 11.6 Å². The van der Waals surface area contributed by atoms with Crippen molar-refractivity contribution in [2.45, 2.75) is 25.4 Å².